The lowest BCUT2D eigenvalue weighted by molar-refractivity contribution is -0.140. The average Bonchev–Trinajstić information content (AvgIpc) is 3.02. The number of nitrogens with zero attached hydrogens (tertiary/aromatic N) is 2. The van der Waals surface area contributed by atoms with Crippen LogP contribution in [-0.2, 0) is 32.6 Å². The monoisotopic (exact) mass is 645 g/mol. The Labute approximate surface area is 270 Å². The molecule has 4 rings (SSSR count). The topological polar surface area (TPSA) is 96.0 Å². The lowest BCUT2D eigenvalue weighted by atomic mass is 10.0. The van der Waals surface area contributed by atoms with Gasteiger partial charge in [-0.3, -0.25) is 13.9 Å². The molecular formula is C36H40FN3O5S. The fourth-order valence-electron chi connectivity index (χ4n) is 5.04. The highest BCUT2D eigenvalue weighted by Gasteiger charge is 2.36. The molecule has 0 fully saturated rings. The number of carbonyl (C=O) groups excluding carboxylic acids is 2. The fraction of sp³-hybridized carbons (Fsp3) is 0.278. The van der Waals surface area contributed by atoms with Crippen LogP contribution >= 0.6 is 0 Å². The van der Waals surface area contributed by atoms with Crippen LogP contribution in [0.4, 0.5) is 10.1 Å². The summed E-state index contributed by atoms with van der Waals surface area (Å²) in [7, 11) is -2.90. The molecule has 0 spiro atoms. The highest BCUT2D eigenvalue weighted by Crippen LogP contribution is 2.34. The first kappa shape index (κ1) is 34.2. The predicted molar refractivity (Wildman–Crippen MR) is 177 cm³/mol. The van der Waals surface area contributed by atoms with Gasteiger partial charge in [-0.15, -0.1) is 0 Å². The number of benzene rings is 4. The second-order valence-corrected chi connectivity index (χ2v) is 13.9. The Bertz CT molecular complexity index is 1760. The van der Waals surface area contributed by atoms with Crippen molar-refractivity contribution in [1.29, 1.82) is 0 Å². The van der Waals surface area contributed by atoms with Crippen LogP contribution in [0.25, 0.3) is 0 Å². The number of methoxy groups -OCH3 is 1. The van der Waals surface area contributed by atoms with E-state index >= 15 is 4.39 Å². The lowest BCUT2D eigenvalue weighted by Gasteiger charge is -2.35. The van der Waals surface area contributed by atoms with Crippen molar-refractivity contribution in [3.8, 4) is 5.75 Å². The molecule has 1 N–H and O–H groups in total. The molecule has 2 amide bonds. The number of sulfonamides is 1. The minimum absolute atomic E-state index is 0.0293. The van der Waals surface area contributed by atoms with E-state index < -0.39 is 45.8 Å². The summed E-state index contributed by atoms with van der Waals surface area (Å²) in [6.07, 6.45) is 0.113. The summed E-state index contributed by atoms with van der Waals surface area (Å²) < 4.78 is 50.1. The average molecular weight is 646 g/mol. The van der Waals surface area contributed by atoms with Crippen LogP contribution < -0.4 is 14.4 Å². The van der Waals surface area contributed by atoms with Crippen LogP contribution in [0.1, 0.15) is 37.5 Å². The smallest absolute Gasteiger partial charge is 0.264 e. The Kier molecular flexibility index (Phi) is 10.8. The Morgan fingerprint density at radius 2 is 1.50 bits per heavy atom. The van der Waals surface area contributed by atoms with Crippen molar-refractivity contribution in [2.45, 2.75) is 57.1 Å². The summed E-state index contributed by atoms with van der Waals surface area (Å²) in [4.78, 5) is 29.8. The number of halogens is 1. The van der Waals surface area contributed by atoms with E-state index in [-0.39, 0.29) is 34.9 Å². The molecule has 0 saturated carbocycles. The second-order valence-electron chi connectivity index (χ2n) is 12.1. The van der Waals surface area contributed by atoms with Crippen LogP contribution in [0.3, 0.4) is 0 Å². The van der Waals surface area contributed by atoms with E-state index in [0.717, 1.165) is 15.4 Å². The molecule has 0 aliphatic rings. The molecule has 0 saturated heterocycles. The molecule has 0 unspecified atom stereocenters. The maximum atomic E-state index is 15.1. The normalized spacial score (nSPS) is 12.2. The molecule has 46 heavy (non-hydrogen) atoms. The zero-order valence-corrected chi connectivity index (χ0v) is 27.6. The van der Waals surface area contributed by atoms with Crippen LogP contribution in [0, 0.1) is 12.7 Å². The van der Waals surface area contributed by atoms with Gasteiger partial charge in [0.05, 0.1) is 17.7 Å². The lowest BCUT2D eigenvalue weighted by Crippen LogP contribution is -2.56. The van der Waals surface area contributed by atoms with Gasteiger partial charge in [-0.05, 0) is 69.2 Å². The first-order valence-corrected chi connectivity index (χ1v) is 16.4. The van der Waals surface area contributed by atoms with Gasteiger partial charge < -0.3 is 15.0 Å². The van der Waals surface area contributed by atoms with Gasteiger partial charge in [0, 0.05) is 24.1 Å². The maximum absolute atomic E-state index is 15.1. The molecule has 4 aromatic carbocycles. The van der Waals surface area contributed by atoms with Gasteiger partial charge >= 0.3 is 0 Å². The third-order valence-electron chi connectivity index (χ3n) is 7.28. The second kappa shape index (κ2) is 14.6. The zero-order chi connectivity index (χ0) is 33.5. The molecule has 10 heteroatoms. The number of amides is 2. The van der Waals surface area contributed by atoms with Crippen molar-refractivity contribution in [3.05, 3.63) is 126 Å². The molecule has 242 valence electrons. The standard InChI is InChI=1S/C36H40FN3O5S/c1-26-20-21-33(45-5)31(22-26)40(46(43,44)29-17-10-7-11-18-29)25-34(41)39(24-28-16-12-13-19-30(28)37)32(35(42)38-36(2,3)4)23-27-14-8-6-9-15-27/h6-22,32H,23-25H2,1-5H3,(H,38,42)/t32-/m1/s1. The first-order valence-electron chi connectivity index (χ1n) is 14.9. The summed E-state index contributed by atoms with van der Waals surface area (Å²) in [6, 6.07) is 26.9. The number of carbonyl (C=O) groups is 2. The summed E-state index contributed by atoms with van der Waals surface area (Å²) in [6.45, 7) is 6.32. The molecule has 0 aliphatic carbocycles. The van der Waals surface area contributed by atoms with Crippen LogP contribution in [0.2, 0.25) is 0 Å². The largest absolute Gasteiger partial charge is 0.495 e. The van der Waals surface area contributed by atoms with Gasteiger partial charge in [0.2, 0.25) is 11.8 Å². The van der Waals surface area contributed by atoms with Crippen LogP contribution in [0.15, 0.2) is 108 Å². The van der Waals surface area contributed by atoms with E-state index in [0.29, 0.717) is 0 Å². The quantitative estimate of drug-likeness (QED) is 0.207. The number of hydrogen-bond donors (Lipinski definition) is 1. The van der Waals surface area contributed by atoms with Gasteiger partial charge in [-0.25, -0.2) is 12.8 Å². The van der Waals surface area contributed by atoms with Crippen molar-refractivity contribution in [1.82, 2.24) is 10.2 Å². The third-order valence-corrected chi connectivity index (χ3v) is 9.05. The summed E-state index contributed by atoms with van der Waals surface area (Å²) in [5.74, 6) is -1.46. The van der Waals surface area contributed by atoms with Crippen molar-refractivity contribution < 1.29 is 27.1 Å². The summed E-state index contributed by atoms with van der Waals surface area (Å²) in [5, 5.41) is 2.96. The number of aryl methyl sites for hydroxylation is 1. The van der Waals surface area contributed by atoms with Crippen molar-refractivity contribution >= 4 is 27.5 Å². The summed E-state index contributed by atoms with van der Waals surface area (Å²) in [5.41, 5.74) is 1.21. The molecular weight excluding hydrogens is 605 g/mol. The highest BCUT2D eigenvalue weighted by atomic mass is 32.2. The van der Waals surface area contributed by atoms with E-state index in [1.807, 2.05) is 51.1 Å². The van der Waals surface area contributed by atoms with Crippen molar-refractivity contribution in [2.24, 2.45) is 0 Å². The number of nitrogens with one attached hydrogen (secondary N) is 1. The number of rotatable bonds is 12. The Morgan fingerprint density at radius 1 is 0.891 bits per heavy atom. The zero-order valence-electron chi connectivity index (χ0n) is 26.7. The molecule has 0 bridgehead atoms. The van der Waals surface area contributed by atoms with Crippen LogP contribution in [-0.4, -0.2) is 50.4 Å². The molecule has 8 nitrogen and oxygen atoms in total. The summed E-state index contributed by atoms with van der Waals surface area (Å²) >= 11 is 0. The van der Waals surface area contributed by atoms with E-state index in [2.05, 4.69) is 5.32 Å². The van der Waals surface area contributed by atoms with E-state index in [9.17, 15) is 18.0 Å². The maximum Gasteiger partial charge on any atom is 0.264 e. The Balaban J connectivity index is 1.87. The minimum atomic E-state index is -4.32. The third kappa shape index (κ3) is 8.51. The van der Waals surface area contributed by atoms with Gasteiger partial charge in [-0.1, -0.05) is 72.8 Å². The minimum Gasteiger partial charge on any atom is -0.495 e. The van der Waals surface area contributed by atoms with Gasteiger partial charge in [0.25, 0.3) is 10.0 Å². The Morgan fingerprint density at radius 3 is 2.11 bits per heavy atom. The van der Waals surface area contributed by atoms with Crippen LogP contribution in [0.5, 0.6) is 5.75 Å². The van der Waals surface area contributed by atoms with Crippen molar-refractivity contribution in [2.75, 3.05) is 18.0 Å². The molecule has 0 aromatic heterocycles. The van der Waals surface area contributed by atoms with Crippen molar-refractivity contribution in [3.63, 3.8) is 0 Å². The van der Waals surface area contributed by atoms with E-state index in [1.165, 1.54) is 36.3 Å². The predicted octanol–water partition coefficient (Wildman–Crippen LogP) is 5.89. The molecule has 0 aliphatic heterocycles. The van der Waals surface area contributed by atoms with Gasteiger partial charge in [0.1, 0.15) is 24.2 Å². The fourth-order valence-corrected chi connectivity index (χ4v) is 6.48. The van der Waals surface area contributed by atoms with E-state index in [1.54, 1.807) is 55.5 Å². The first-order chi connectivity index (χ1) is 21.8. The SMILES string of the molecule is COc1ccc(C)cc1N(CC(=O)N(Cc1ccccc1F)[C@H](Cc1ccccc1)C(=O)NC(C)(C)C)S(=O)(=O)c1ccccc1. The molecule has 1 atom stereocenters. The Hall–Kier alpha value is -4.70. The highest BCUT2D eigenvalue weighted by molar-refractivity contribution is 7.92. The number of ether oxygens (including phenoxy) is 1. The number of hydrogen-bond acceptors (Lipinski definition) is 5. The molecule has 0 heterocycles. The number of anilines is 1. The molecule has 4 aromatic rings. The molecule has 0 radical (unpaired) electrons. The van der Waals surface area contributed by atoms with Gasteiger partial charge in [-0.2, -0.15) is 0 Å². The van der Waals surface area contributed by atoms with E-state index in [4.69, 9.17) is 4.74 Å². The van der Waals surface area contributed by atoms with Gasteiger partial charge in [0.15, 0.2) is 0 Å².